The van der Waals surface area contributed by atoms with Crippen molar-refractivity contribution in [2.24, 2.45) is 0 Å². The minimum Gasteiger partial charge on any atom is -0.508 e. The van der Waals surface area contributed by atoms with Crippen molar-refractivity contribution in [3.05, 3.63) is 58.1 Å². The second-order valence-electron chi connectivity index (χ2n) is 6.14. The lowest BCUT2D eigenvalue weighted by molar-refractivity contribution is -0.116. The summed E-state index contributed by atoms with van der Waals surface area (Å²) in [5.74, 6) is 0.136. The third-order valence-corrected chi connectivity index (χ3v) is 4.85. The molecule has 2 aromatic carbocycles. The first-order valence-corrected chi connectivity index (χ1v) is 9.63. The minimum atomic E-state index is -0.0859. The molecule has 0 unspecified atom stereocenters. The van der Waals surface area contributed by atoms with Crippen molar-refractivity contribution in [3.63, 3.8) is 0 Å². The SMILES string of the molecule is CCN(CCC(=O)Nc1cccc(-n2c(=S)[nH][nH]c2=S)c1)c1ccc(O)cc1. The zero-order chi connectivity index (χ0) is 20.1. The van der Waals surface area contributed by atoms with Crippen LogP contribution < -0.4 is 10.2 Å². The number of aromatic hydroxyl groups is 1. The summed E-state index contributed by atoms with van der Waals surface area (Å²) in [5, 5.41) is 17.9. The van der Waals surface area contributed by atoms with E-state index in [-0.39, 0.29) is 11.7 Å². The van der Waals surface area contributed by atoms with Gasteiger partial charge in [0.05, 0.1) is 5.69 Å². The molecule has 3 rings (SSSR count). The van der Waals surface area contributed by atoms with Gasteiger partial charge < -0.3 is 15.3 Å². The summed E-state index contributed by atoms with van der Waals surface area (Å²) in [6.45, 7) is 3.36. The molecule has 0 radical (unpaired) electrons. The number of rotatable bonds is 7. The Hall–Kier alpha value is -2.91. The fourth-order valence-electron chi connectivity index (χ4n) is 2.86. The van der Waals surface area contributed by atoms with Crippen LogP contribution in [0.4, 0.5) is 11.4 Å². The molecule has 9 heteroatoms. The third-order valence-electron chi connectivity index (χ3n) is 4.28. The van der Waals surface area contributed by atoms with Gasteiger partial charge in [-0.15, -0.1) is 0 Å². The third kappa shape index (κ3) is 4.68. The van der Waals surface area contributed by atoms with E-state index >= 15 is 0 Å². The van der Waals surface area contributed by atoms with Crippen LogP contribution in [0.3, 0.4) is 0 Å². The largest absolute Gasteiger partial charge is 0.508 e. The van der Waals surface area contributed by atoms with Crippen LogP contribution in [0.15, 0.2) is 48.5 Å². The Morgan fingerprint density at radius 2 is 1.82 bits per heavy atom. The van der Waals surface area contributed by atoms with E-state index in [9.17, 15) is 9.90 Å². The number of carbonyl (C=O) groups excluding carboxylic acids is 1. The summed E-state index contributed by atoms with van der Waals surface area (Å²) in [7, 11) is 0. The first-order chi connectivity index (χ1) is 13.5. The lowest BCUT2D eigenvalue weighted by atomic mass is 10.2. The predicted octanol–water partition coefficient (Wildman–Crippen LogP) is 4.15. The Bertz CT molecular complexity index is 1040. The first-order valence-electron chi connectivity index (χ1n) is 8.82. The van der Waals surface area contributed by atoms with Crippen LogP contribution >= 0.6 is 24.4 Å². The van der Waals surface area contributed by atoms with E-state index in [1.54, 1.807) is 16.7 Å². The predicted molar refractivity (Wildman–Crippen MR) is 115 cm³/mol. The van der Waals surface area contributed by atoms with Gasteiger partial charge in [0.2, 0.25) is 5.91 Å². The number of amides is 1. The number of anilines is 2. The van der Waals surface area contributed by atoms with Crippen molar-refractivity contribution in [2.75, 3.05) is 23.3 Å². The number of hydrogen-bond acceptors (Lipinski definition) is 5. The van der Waals surface area contributed by atoms with E-state index in [0.717, 1.165) is 17.9 Å². The molecule has 0 saturated heterocycles. The van der Waals surface area contributed by atoms with Gasteiger partial charge in [-0.2, -0.15) is 0 Å². The Labute approximate surface area is 172 Å². The van der Waals surface area contributed by atoms with Crippen molar-refractivity contribution in [1.82, 2.24) is 14.8 Å². The Balaban J connectivity index is 1.65. The van der Waals surface area contributed by atoms with Gasteiger partial charge in [0.1, 0.15) is 5.75 Å². The van der Waals surface area contributed by atoms with Gasteiger partial charge in [-0.1, -0.05) is 6.07 Å². The van der Waals surface area contributed by atoms with Gasteiger partial charge in [0, 0.05) is 30.9 Å². The van der Waals surface area contributed by atoms with Gasteiger partial charge in [-0.05, 0) is 73.8 Å². The van der Waals surface area contributed by atoms with Gasteiger partial charge in [0.25, 0.3) is 0 Å². The highest BCUT2D eigenvalue weighted by atomic mass is 32.1. The minimum absolute atomic E-state index is 0.0859. The number of H-pyrrole nitrogens is 2. The number of aromatic amines is 2. The normalized spacial score (nSPS) is 10.6. The summed E-state index contributed by atoms with van der Waals surface area (Å²) >= 11 is 10.4. The second-order valence-corrected chi connectivity index (χ2v) is 6.91. The fourth-order valence-corrected chi connectivity index (χ4v) is 3.41. The number of hydrogen-bond donors (Lipinski definition) is 4. The van der Waals surface area contributed by atoms with E-state index in [0.29, 0.717) is 28.2 Å². The molecule has 7 nitrogen and oxygen atoms in total. The zero-order valence-electron chi connectivity index (χ0n) is 15.3. The Morgan fingerprint density at radius 1 is 1.14 bits per heavy atom. The molecule has 1 aromatic heterocycles. The van der Waals surface area contributed by atoms with Crippen LogP contribution in [-0.2, 0) is 4.79 Å². The van der Waals surface area contributed by atoms with Gasteiger partial charge in [-0.25, -0.2) is 0 Å². The van der Waals surface area contributed by atoms with E-state index < -0.39 is 0 Å². The highest BCUT2D eigenvalue weighted by Gasteiger charge is 2.09. The standard InChI is InChI=1S/C19H21N5O2S2/c1-2-23(14-6-8-16(25)9-7-14)11-10-17(26)20-13-4-3-5-15(12-13)24-18(27)21-22-19(24)28/h3-9,12,25H,2,10-11H2,1H3,(H,20,26)(H,21,27)(H,22,28). The summed E-state index contributed by atoms with van der Waals surface area (Å²) in [5.41, 5.74) is 2.41. The van der Waals surface area contributed by atoms with Crippen molar-refractivity contribution in [1.29, 1.82) is 0 Å². The number of benzene rings is 2. The van der Waals surface area contributed by atoms with Crippen molar-refractivity contribution < 1.29 is 9.90 Å². The lowest BCUT2D eigenvalue weighted by Gasteiger charge is -2.22. The highest BCUT2D eigenvalue weighted by Crippen LogP contribution is 2.19. The maximum atomic E-state index is 12.4. The monoisotopic (exact) mass is 415 g/mol. The molecule has 0 fully saturated rings. The van der Waals surface area contributed by atoms with Crippen LogP contribution in [-0.4, -0.2) is 38.9 Å². The molecule has 0 saturated carbocycles. The van der Waals surface area contributed by atoms with Crippen LogP contribution in [0.5, 0.6) is 5.75 Å². The van der Waals surface area contributed by atoms with Crippen molar-refractivity contribution in [3.8, 4) is 11.4 Å². The molecule has 0 atom stereocenters. The molecule has 1 heterocycles. The number of aromatic nitrogens is 3. The Kier molecular flexibility index (Phi) is 6.27. The quantitative estimate of drug-likeness (QED) is 0.435. The molecule has 146 valence electrons. The summed E-state index contributed by atoms with van der Waals surface area (Å²) < 4.78 is 2.60. The van der Waals surface area contributed by atoms with E-state index in [2.05, 4.69) is 20.4 Å². The summed E-state index contributed by atoms with van der Waals surface area (Å²) in [6, 6.07) is 14.3. The van der Waals surface area contributed by atoms with Gasteiger partial charge in [-0.3, -0.25) is 19.6 Å². The number of nitrogens with one attached hydrogen (secondary N) is 3. The van der Waals surface area contributed by atoms with E-state index in [1.165, 1.54) is 0 Å². The topological polar surface area (TPSA) is 89.1 Å². The molecule has 0 aliphatic heterocycles. The van der Waals surface area contributed by atoms with Crippen molar-refractivity contribution >= 4 is 41.7 Å². The van der Waals surface area contributed by atoms with Crippen LogP contribution in [0.1, 0.15) is 13.3 Å². The smallest absolute Gasteiger partial charge is 0.226 e. The number of phenols is 1. The van der Waals surface area contributed by atoms with Gasteiger partial charge in [0.15, 0.2) is 9.54 Å². The zero-order valence-corrected chi connectivity index (χ0v) is 16.9. The second kappa shape index (κ2) is 8.85. The average Bonchev–Trinajstić information content (AvgIpc) is 3.02. The maximum absolute atomic E-state index is 12.4. The lowest BCUT2D eigenvalue weighted by Crippen LogP contribution is -2.27. The van der Waals surface area contributed by atoms with E-state index in [4.69, 9.17) is 24.4 Å². The van der Waals surface area contributed by atoms with Gasteiger partial charge >= 0.3 is 0 Å². The highest BCUT2D eigenvalue weighted by molar-refractivity contribution is 7.72. The molecule has 0 spiro atoms. The summed E-state index contributed by atoms with van der Waals surface area (Å²) in [4.78, 5) is 14.5. The maximum Gasteiger partial charge on any atom is 0.226 e. The fraction of sp³-hybridized carbons (Fsp3) is 0.211. The van der Waals surface area contributed by atoms with Crippen LogP contribution in [0.25, 0.3) is 5.69 Å². The molecule has 0 aliphatic rings. The molecule has 0 aliphatic carbocycles. The van der Waals surface area contributed by atoms with Crippen molar-refractivity contribution in [2.45, 2.75) is 13.3 Å². The average molecular weight is 416 g/mol. The Morgan fingerprint density at radius 3 is 2.46 bits per heavy atom. The number of carbonyl (C=O) groups is 1. The van der Waals surface area contributed by atoms with Crippen LogP contribution in [0.2, 0.25) is 0 Å². The molecule has 3 aromatic rings. The number of phenolic OH excluding ortho intramolecular Hbond substituents is 1. The molecule has 0 bridgehead atoms. The number of nitrogens with zero attached hydrogens (tertiary/aromatic N) is 2. The molecule has 4 N–H and O–H groups in total. The first kappa shape index (κ1) is 19.8. The molecular weight excluding hydrogens is 394 g/mol. The molecule has 1 amide bonds. The molecular formula is C19H21N5O2S2. The van der Waals surface area contributed by atoms with Crippen LogP contribution in [0, 0.1) is 9.54 Å². The molecule has 28 heavy (non-hydrogen) atoms. The summed E-state index contributed by atoms with van der Waals surface area (Å²) in [6.07, 6.45) is 0.336. The van der Waals surface area contributed by atoms with E-state index in [1.807, 2.05) is 43.3 Å².